The first-order valence-corrected chi connectivity index (χ1v) is 8.10. The molecule has 114 valence electrons. The predicted octanol–water partition coefficient (Wildman–Crippen LogP) is 2.78. The zero-order valence-corrected chi connectivity index (χ0v) is 12.4. The molecule has 0 fully saturated rings. The molecule has 1 aromatic carbocycles. The Hall–Kier alpha value is -1.08. The third-order valence-corrected chi connectivity index (χ3v) is 3.77. The molecule has 0 aromatic heterocycles. The molecule has 0 bridgehead atoms. The largest absolute Gasteiger partial charge is 0.215 e. The van der Waals surface area contributed by atoms with Crippen molar-refractivity contribution in [2.45, 2.75) is 26.2 Å². The second kappa shape index (κ2) is 6.58. The SMILES string of the molecule is CC(C)C(CCNS(C)(=O)=O)c1c(F)cc(F)cc1F. The molecule has 0 spiro atoms. The summed E-state index contributed by atoms with van der Waals surface area (Å²) in [6.07, 6.45) is 1.24. The standard InChI is InChI=1S/C13H18F3NO2S/c1-8(2)10(4-5-17-20(3,18)19)13-11(15)6-9(14)7-12(13)16/h6-8,10,17H,4-5H2,1-3H3. The molecule has 0 heterocycles. The molecular formula is C13H18F3NO2S. The molecular weight excluding hydrogens is 291 g/mol. The summed E-state index contributed by atoms with van der Waals surface area (Å²) in [5, 5.41) is 0. The average Bonchev–Trinajstić information content (AvgIpc) is 2.23. The maximum atomic E-state index is 13.8. The first-order chi connectivity index (χ1) is 9.11. The van der Waals surface area contributed by atoms with E-state index in [2.05, 4.69) is 4.72 Å². The summed E-state index contributed by atoms with van der Waals surface area (Å²) >= 11 is 0. The van der Waals surface area contributed by atoms with Gasteiger partial charge in [0.1, 0.15) is 17.5 Å². The van der Waals surface area contributed by atoms with E-state index in [4.69, 9.17) is 0 Å². The molecule has 0 aliphatic heterocycles. The summed E-state index contributed by atoms with van der Waals surface area (Å²) in [5.74, 6) is -3.52. The molecule has 1 rings (SSSR count). The van der Waals surface area contributed by atoms with Crippen LogP contribution in [0.15, 0.2) is 12.1 Å². The lowest BCUT2D eigenvalue weighted by molar-refractivity contribution is 0.418. The second-order valence-electron chi connectivity index (χ2n) is 5.09. The van der Waals surface area contributed by atoms with E-state index in [1.54, 1.807) is 13.8 Å². The Morgan fingerprint density at radius 2 is 1.65 bits per heavy atom. The van der Waals surface area contributed by atoms with Crippen LogP contribution in [0.3, 0.4) is 0 Å². The number of rotatable bonds is 6. The maximum Gasteiger partial charge on any atom is 0.208 e. The minimum absolute atomic E-state index is 0.0674. The molecule has 0 saturated carbocycles. The highest BCUT2D eigenvalue weighted by Crippen LogP contribution is 2.32. The zero-order valence-electron chi connectivity index (χ0n) is 11.6. The van der Waals surface area contributed by atoms with Crippen molar-refractivity contribution in [1.82, 2.24) is 4.72 Å². The summed E-state index contributed by atoms with van der Waals surface area (Å²) in [7, 11) is -3.35. The van der Waals surface area contributed by atoms with Gasteiger partial charge in [-0.3, -0.25) is 0 Å². The summed E-state index contributed by atoms with van der Waals surface area (Å²) in [5.41, 5.74) is -0.197. The van der Waals surface area contributed by atoms with E-state index in [9.17, 15) is 21.6 Å². The number of sulfonamides is 1. The van der Waals surface area contributed by atoms with Crippen molar-refractivity contribution in [1.29, 1.82) is 0 Å². The van der Waals surface area contributed by atoms with E-state index in [1.807, 2.05) is 0 Å². The molecule has 0 amide bonds. The van der Waals surface area contributed by atoms with Crippen molar-refractivity contribution in [2.75, 3.05) is 12.8 Å². The molecule has 20 heavy (non-hydrogen) atoms. The van der Waals surface area contributed by atoms with Crippen molar-refractivity contribution in [2.24, 2.45) is 5.92 Å². The van der Waals surface area contributed by atoms with Crippen molar-refractivity contribution < 1.29 is 21.6 Å². The van der Waals surface area contributed by atoms with Crippen LogP contribution in [0.5, 0.6) is 0 Å². The Balaban J connectivity index is 2.98. The van der Waals surface area contributed by atoms with Gasteiger partial charge in [0, 0.05) is 24.2 Å². The van der Waals surface area contributed by atoms with Gasteiger partial charge in [0.25, 0.3) is 0 Å². The van der Waals surface area contributed by atoms with Gasteiger partial charge in [0.15, 0.2) is 0 Å². The minimum Gasteiger partial charge on any atom is -0.215 e. The first kappa shape index (κ1) is 17.0. The highest BCUT2D eigenvalue weighted by Gasteiger charge is 2.24. The van der Waals surface area contributed by atoms with Gasteiger partial charge in [0.2, 0.25) is 10.0 Å². The van der Waals surface area contributed by atoms with Gasteiger partial charge in [-0.05, 0) is 18.3 Å². The fourth-order valence-electron chi connectivity index (χ4n) is 2.12. The molecule has 0 saturated heterocycles. The minimum atomic E-state index is -3.35. The molecule has 1 unspecified atom stereocenters. The lowest BCUT2D eigenvalue weighted by Gasteiger charge is -2.22. The Bertz CT molecular complexity index is 550. The number of hydrogen-bond acceptors (Lipinski definition) is 2. The van der Waals surface area contributed by atoms with Gasteiger partial charge in [-0.15, -0.1) is 0 Å². The van der Waals surface area contributed by atoms with E-state index in [0.29, 0.717) is 12.1 Å². The van der Waals surface area contributed by atoms with Crippen LogP contribution in [-0.4, -0.2) is 21.2 Å². The summed E-state index contributed by atoms with van der Waals surface area (Å²) in [4.78, 5) is 0. The number of halogens is 3. The zero-order chi connectivity index (χ0) is 15.5. The highest BCUT2D eigenvalue weighted by molar-refractivity contribution is 7.88. The summed E-state index contributed by atoms with van der Waals surface area (Å²) in [6, 6.07) is 1.27. The Morgan fingerprint density at radius 1 is 1.15 bits per heavy atom. The topological polar surface area (TPSA) is 46.2 Å². The summed E-state index contributed by atoms with van der Waals surface area (Å²) in [6.45, 7) is 3.61. The van der Waals surface area contributed by atoms with E-state index in [-0.39, 0.29) is 24.4 Å². The maximum absolute atomic E-state index is 13.8. The van der Waals surface area contributed by atoms with Crippen LogP contribution in [0.2, 0.25) is 0 Å². The van der Waals surface area contributed by atoms with Gasteiger partial charge in [-0.2, -0.15) is 0 Å². The molecule has 1 aromatic rings. The third-order valence-electron chi connectivity index (χ3n) is 3.04. The normalized spacial score (nSPS) is 13.8. The smallest absolute Gasteiger partial charge is 0.208 e. The van der Waals surface area contributed by atoms with Gasteiger partial charge in [-0.1, -0.05) is 13.8 Å². The lowest BCUT2D eigenvalue weighted by Crippen LogP contribution is -2.26. The number of benzene rings is 1. The summed E-state index contributed by atoms with van der Waals surface area (Å²) < 4.78 is 64.7. The van der Waals surface area contributed by atoms with Crippen molar-refractivity contribution in [3.63, 3.8) is 0 Å². The first-order valence-electron chi connectivity index (χ1n) is 6.21. The quantitative estimate of drug-likeness (QED) is 0.878. The monoisotopic (exact) mass is 309 g/mol. The Morgan fingerprint density at radius 3 is 2.05 bits per heavy atom. The second-order valence-corrected chi connectivity index (χ2v) is 6.92. The molecule has 3 nitrogen and oxygen atoms in total. The van der Waals surface area contributed by atoms with Crippen LogP contribution in [0, 0.1) is 23.4 Å². The average molecular weight is 309 g/mol. The van der Waals surface area contributed by atoms with E-state index in [1.165, 1.54) is 0 Å². The van der Waals surface area contributed by atoms with Gasteiger partial charge >= 0.3 is 0 Å². The molecule has 0 radical (unpaired) electrons. The van der Waals surface area contributed by atoms with E-state index < -0.39 is 33.4 Å². The van der Waals surface area contributed by atoms with Gasteiger partial charge in [0.05, 0.1) is 6.26 Å². The van der Waals surface area contributed by atoms with Crippen LogP contribution in [0.1, 0.15) is 31.7 Å². The predicted molar refractivity (Wildman–Crippen MR) is 71.4 cm³/mol. The fourth-order valence-corrected chi connectivity index (χ4v) is 2.61. The highest BCUT2D eigenvalue weighted by atomic mass is 32.2. The van der Waals surface area contributed by atoms with Crippen LogP contribution in [0.4, 0.5) is 13.2 Å². The van der Waals surface area contributed by atoms with Crippen molar-refractivity contribution in [3.05, 3.63) is 35.1 Å². The van der Waals surface area contributed by atoms with Crippen molar-refractivity contribution in [3.8, 4) is 0 Å². The molecule has 1 N–H and O–H groups in total. The van der Waals surface area contributed by atoms with Crippen LogP contribution in [-0.2, 0) is 10.0 Å². The number of nitrogens with one attached hydrogen (secondary N) is 1. The molecule has 0 aliphatic carbocycles. The lowest BCUT2D eigenvalue weighted by atomic mass is 9.85. The molecule has 1 atom stereocenters. The Labute approximate surface area is 117 Å². The van der Waals surface area contributed by atoms with Gasteiger partial charge in [-0.25, -0.2) is 26.3 Å². The number of hydrogen-bond donors (Lipinski definition) is 1. The van der Waals surface area contributed by atoms with E-state index in [0.717, 1.165) is 6.26 Å². The Kier molecular flexibility index (Phi) is 5.59. The fraction of sp³-hybridized carbons (Fsp3) is 0.538. The van der Waals surface area contributed by atoms with E-state index >= 15 is 0 Å². The third kappa shape index (κ3) is 4.79. The van der Waals surface area contributed by atoms with Crippen LogP contribution < -0.4 is 4.72 Å². The van der Waals surface area contributed by atoms with Gasteiger partial charge < -0.3 is 0 Å². The molecule has 0 aliphatic rings. The van der Waals surface area contributed by atoms with Crippen LogP contribution in [0.25, 0.3) is 0 Å². The van der Waals surface area contributed by atoms with Crippen LogP contribution >= 0.6 is 0 Å². The van der Waals surface area contributed by atoms with Crippen molar-refractivity contribution >= 4 is 10.0 Å². The molecule has 7 heteroatoms.